The van der Waals surface area contributed by atoms with E-state index in [1.165, 1.54) is 0 Å². The number of rotatable bonds is 5. The smallest absolute Gasteiger partial charge is 0.256 e. The Morgan fingerprint density at radius 3 is 2.47 bits per heavy atom. The molecule has 8 nitrogen and oxygen atoms in total. The number of carbonyl (C=O) groups is 3. The van der Waals surface area contributed by atoms with Gasteiger partial charge in [-0.05, 0) is 31.2 Å². The summed E-state index contributed by atoms with van der Waals surface area (Å²) in [7, 11) is 0. The van der Waals surface area contributed by atoms with Crippen LogP contribution in [-0.2, 0) is 20.9 Å². The van der Waals surface area contributed by atoms with Crippen molar-refractivity contribution in [2.24, 2.45) is 0 Å². The molecule has 32 heavy (non-hydrogen) atoms. The zero-order chi connectivity index (χ0) is 22.7. The zero-order valence-electron chi connectivity index (χ0n) is 18.5. The van der Waals surface area contributed by atoms with Crippen molar-refractivity contribution >= 4 is 17.7 Å². The van der Waals surface area contributed by atoms with E-state index in [1.54, 1.807) is 40.3 Å². The summed E-state index contributed by atoms with van der Waals surface area (Å²) in [6.07, 6.45) is 2.93. The molecule has 2 saturated heterocycles. The molecule has 0 radical (unpaired) electrons. The maximum Gasteiger partial charge on any atom is 0.256 e. The Balaban J connectivity index is 1.57. The van der Waals surface area contributed by atoms with E-state index in [0.717, 1.165) is 5.56 Å². The van der Waals surface area contributed by atoms with Crippen molar-refractivity contribution in [3.63, 3.8) is 0 Å². The van der Waals surface area contributed by atoms with Gasteiger partial charge in [-0.3, -0.25) is 19.3 Å². The number of hydrogen-bond acceptors (Lipinski definition) is 5. The summed E-state index contributed by atoms with van der Waals surface area (Å²) in [4.78, 5) is 42.3. The fourth-order valence-corrected chi connectivity index (χ4v) is 4.44. The predicted molar refractivity (Wildman–Crippen MR) is 116 cm³/mol. The molecule has 0 bridgehead atoms. The number of furan rings is 1. The third kappa shape index (κ3) is 4.27. The van der Waals surface area contributed by atoms with E-state index in [0.29, 0.717) is 43.7 Å². The molecule has 2 aliphatic heterocycles. The average molecular weight is 440 g/mol. The highest BCUT2D eigenvalue weighted by Crippen LogP contribution is 2.38. The van der Waals surface area contributed by atoms with E-state index in [2.05, 4.69) is 5.32 Å². The number of nitrogens with zero attached hydrogens (tertiary/aromatic N) is 2. The quantitative estimate of drug-likeness (QED) is 0.773. The molecule has 8 heteroatoms. The van der Waals surface area contributed by atoms with Gasteiger partial charge < -0.3 is 19.4 Å². The van der Waals surface area contributed by atoms with Crippen LogP contribution in [0, 0.1) is 6.92 Å². The lowest BCUT2D eigenvalue weighted by Gasteiger charge is -2.44. The molecule has 1 aromatic carbocycles. The van der Waals surface area contributed by atoms with Crippen LogP contribution in [0.4, 0.5) is 0 Å². The Kier molecular flexibility index (Phi) is 6.32. The first-order valence-corrected chi connectivity index (χ1v) is 11.1. The number of ether oxygens (including phenoxy) is 1. The van der Waals surface area contributed by atoms with Crippen LogP contribution in [0.25, 0.3) is 0 Å². The molecule has 1 unspecified atom stereocenters. The van der Waals surface area contributed by atoms with E-state index in [1.807, 2.05) is 26.0 Å². The molecule has 0 aliphatic carbocycles. The first-order chi connectivity index (χ1) is 15.4. The van der Waals surface area contributed by atoms with E-state index in [-0.39, 0.29) is 30.9 Å². The van der Waals surface area contributed by atoms with Crippen molar-refractivity contribution in [2.45, 2.75) is 51.4 Å². The molecule has 0 saturated carbocycles. The second kappa shape index (κ2) is 9.16. The fraction of sp³-hybridized carbons (Fsp3) is 0.458. The van der Waals surface area contributed by atoms with Crippen LogP contribution in [0.5, 0.6) is 0 Å². The first-order valence-electron chi connectivity index (χ1n) is 11.1. The molecule has 3 amide bonds. The van der Waals surface area contributed by atoms with Gasteiger partial charge in [0.2, 0.25) is 11.8 Å². The van der Waals surface area contributed by atoms with Gasteiger partial charge in [0.1, 0.15) is 17.5 Å². The molecule has 1 atom stereocenters. The van der Waals surface area contributed by atoms with Crippen molar-refractivity contribution in [3.05, 3.63) is 59.5 Å². The number of aryl methyl sites for hydroxylation is 1. The monoisotopic (exact) mass is 439 g/mol. The van der Waals surface area contributed by atoms with E-state index < -0.39 is 11.8 Å². The van der Waals surface area contributed by atoms with Crippen molar-refractivity contribution in [1.29, 1.82) is 0 Å². The molecular weight excluding hydrogens is 410 g/mol. The number of amides is 3. The summed E-state index contributed by atoms with van der Waals surface area (Å²) >= 11 is 0. The molecule has 2 fully saturated rings. The normalized spacial score (nSPS) is 19.9. The number of carbonyl (C=O) groups excluding carboxylic acids is 3. The summed E-state index contributed by atoms with van der Waals surface area (Å²) in [5.74, 6) is 0.193. The molecule has 1 aromatic heterocycles. The second-order valence-corrected chi connectivity index (χ2v) is 8.35. The van der Waals surface area contributed by atoms with Gasteiger partial charge in [0.25, 0.3) is 5.91 Å². The van der Waals surface area contributed by atoms with Gasteiger partial charge >= 0.3 is 0 Å². The number of nitrogens with one attached hydrogen (secondary N) is 1. The van der Waals surface area contributed by atoms with Crippen molar-refractivity contribution < 1.29 is 23.5 Å². The summed E-state index contributed by atoms with van der Waals surface area (Å²) < 4.78 is 11.5. The molecule has 4 rings (SSSR count). The van der Waals surface area contributed by atoms with Crippen LogP contribution in [-0.4, -0.2) is 59.0 Å². The highest BCUT2D eigenvalue weighted by molar-refractivity contribution is 5.98. The molecule has 2 aliphatic rings. The Hall–Kier alpha value is -3.13. The van der Waals surface area contributed by atoms with E-state index in [4.69, 9.17) is 9.15 Å². The van der Waals surface area contributed by atoms with Crippen LogP contribution < -0.4 is 5.32 Å². The van der Waals surface area contributed by atoms with Gasteiger partial charge in [0, 0.05) is 37.9 Å². The van der Waals surface area contributed by atoms with Crippen LogP contribution in [0.3, 0.4) is 0 Å². The molecule has 3 heterocycles. The number of hydrogen-bond donors (Lipinski definition) is 1. The highest BCUT2D eigenvalue weighted by atomic mass is 16.5. The van der Waals surface area contributed by atoms with Gasteiger partial charge in [-0.2, -0.15) is 0 Å². The maximum atomic E-state index is 13.6. The van der Waals surface area contributed by atoms with Crippen LogP contribution in [0.15, 0.2) is 47.1 Å². The van der Waals surface area contributed by atoms with Gasteiger partial charge in [0.05, 0.1) is 19.4 Å². The third-order valence-electron chi connectivity index (χ3n) is 6.30. The molecule has 1 spiro atoms. The fourth-order valence-electron chi connectivity index (χ4n) is 4.44. The number of benzene rings is 1. The number of likely N-dealkylation sites (tertiary alicyclic amines) is 1. The first kappa shape index (κ1) is 22.1. The van der Waals surface area contributed by atoms with Crippen molar-refractivity contribution in [3.8, 4) is 0 Å². The molecule has 2 aromatic rings. The number of piperidine rings is 1. The average Bonchev–Trinajstić information content (AvgIpc) is 3.46. The standard InChI is InChI=1S/C24H29N3O5/c1-3-21(28)26-12-10-24(11-13-26)27(23(30)18-8-6-17(2)7-9-18)20(16-32-24)22(29)25-15-19-5-4-14-31-19/h4-9,14,20H,3,10-13,15-16H2,1-2H3,(H,25,29). The largest absolute Gasteiger partial charge is 0.467 e. The second-order valence-electron chi connectivity index (χ2n) is 8.35. The maximum absolute atomic E-state index is 13.6. The highest BCUT2D eigenvalue weighted by Gasteiger charge is 2.54. The lowest BCUT2D eigenvalue weighted by atomic mass is 9.96. The summed E-state index contributed by atoms with van der Waals surface area (Å²) in [5.41, 5.74) is 0.656. The zero-order valence-corrected chi connectivity index (χ0v) is 18.5. The van der Waals surface area contributed by atoms with Gasteiger partial charge in [-0.15, -0.1) is 0 Å². The topological polar surface area (TPSA) is 92.1 Å². The van der Waals surface area contributed by atoms with Crippen molar-refractivity contribution in [1.82, 2.24) is 15.1 Å². The van der Waals surface area contributed by atoms with Gasteiger partial charge in [0.15, 0.2) is 0 Å². The van der Waals surface area contributed by atoms with Gasteiger partial charge in [-0.1, -0.05) is 24.6 Å². The Morgan fingerprint density at radius 2 is 1.84 bits per heavy atom. The SMILES string of the molecule is CCC(=O)N1CCC2(CC1)OCC(C(=O)NCc1ccco1)N2C(=O)c1ccc(C)cc1. The minimum absolute atomic E-state index is 0.0852. The predicted octanol–water partition coefficient (Wildman–Crippen LogP) is 2.47. The molecule has 1 N–H and O–H groups in total. The van der Waals surface area contributed by atoms with Crippen LogP contribution in [0.1, 0.15) is 47.9 Å². The van der Waals surface area contributed by atoms with Crippen molar-refractivity contribution in [2.75, 3.05) is 19.7 Å². The lowest BCUT2D eigenvalue weighted by molar-refractivity contribution is -0.143. The lowest BCUT2D eigenvalue weighted by Crippen LogP contribution is -2.59. The summed E-state index contributed by atoms with van der Waals surface area (Å²) in [5, 5.41) is 2.86. The minimum Gasteiger partial charge on any atom is -0.467 e. The Labute approximate surface area is 187 Å². The van der Waals surface area contributed by atoms with E-state index >= 15 is 0 Å². The summed E-state index contributed by atoms with van der Waals surface area (Å²) in [6.45, 7) is 5.13. The Bertz CT molecular complexity index is 962. The Morgan fingerprint density at radius 1 is 1.12 bits per heavy atom. The van der Waals surface area contributed by atoms with Gasteiger partial charge in [-0.25, -0.2) is 0 Å². The molecular formula is C24H29N3O5. The minimum atomic E-state index is -0.904. The molecule has 170 valence electrons. The third-order valence-corrected chi connectivity index (χ3v) is 6.30. The van der Waals surface area contributed by atoms with Crippen LogP contribution in [0.2, 0.25) is 0 Å². The van der Waals surface area contributed by atoms with Crippen LogP contribution >= 0.6 is 0 Å². The van der Waals surface area contributed by atoms with E-state index in [9.17, 15) is 14.4 Å². The summed E-state index contributed by atoms with van der Waals surface area (Å²) in [6, 6.07) is 10.1.